The molecule has 1 heterocycles. The molecule has 2 N–H and O–H groups in total. The van der Waals surface area contributed by atoms with Crippen LogP contribution >= 0.6 is 0 Å². The standard InChI is InChI=1S/C17H22N2O2/c1-3-13-7-6-10-19-17(13)16(18)14-8-4-5-9-15(14)21-12-11-20-2/h4-10,16H,3,11-12,18H2,1-2H3. The summed E-state index contributed by atoms with van der Waals surface area (Å²) in [5, 5.41) is 0. The molecule has 2 aromatic rings. The van der Waals surface area contributed by atoms with Crippen LogP contribution < -0.4 is 10.5 Å². The van der Waals surface area contributed by atoms with Crippen LogP contribution in [0.5, 0.6) is 5.75 Å². The molecule has 0 fully saturated rings. The van der Waals surface area contributed by atoms with Crippen LogP contribution in [-0.2, 0) is 11.2 Å². The van der Waals surface area contributed by atoms with E-state index in [2.05, 4.69) is 18.0 Å². The van der Waals surface area contributed by atoms with Gasteiger partial charge in [0.05, 0.1) is 18.3 Å². The Labute approximate surface area is 125 Å². The van der Waals surface area contributed by atoms with Gasteiger partial charge in [-0.15, -0.1) is 0 Å². The Morgan fingerprint density at radius 2 is 1.95 bits per heavy atom. The van der Waals surface area contributed by atoms with Gasteiger partial charge in [-0.2, -0.15) is 0 Å². The summed E-state index contributed by atoms with van der Waals surface area (Å²) in [6, 6.07) is 11.5. The number of nitrogens with zero attached hydrogens (tertiary/aromatic N) is 1. The summed E-state index contributed by atoms with van der Waals surface area (Å²) < 4.78 is 10.8. The molecule has 1 aromatic carbocycles. The van der Waals surface area contributed by atoms with Gasteiger partial charge in [-0.1, -0.05) is 31.2 Å². The first-order chi connectivity index (χ1) is 10.3. The largest absolute Gasteiger partial charge is 0.491 e. The minimum Gasteiger partial charge on any atom is -0.491 e. The van der Waals surface area contributed by atoms with Crippen molar-refractivity contribution < 1.29 is 9.47 Å². The maximum atomic E-state index is 6.42. The number of para-hydroxylation sites is 1. The highest BCUT2D eigenvalue weighted by molar-refractivity contribution is 5.41. The van der Waals surface area contributed by atoms with Crippen molar-refractivity contribution >= 4 is 0 Å². The summed E-state index contributed by atoms with van der Waals surface area (Å²) in [6.07, 6.45) is 2.69. The van der Waals surface area contributed by atoms with Crippen molar-refractivity contribution in [1.29, 1.82) is 0 Å². The third-order valence-corrected chi connectivity index (χ3v) is 3.40. The van der Waals surface area contributed by atoms with Crippen LogP contribution in [0.3, 0.4) is 0 Å². The number of ether oxygens (including phenoxy) is 2. The lowest BCUT2D eigenvalue weighted by molar-refractivity contribution is 0.145. The second kappa shape index (κ2) is 7.76. The van der Waals surface area contributed by atoms with Crippen LogP contribution in [0.4, 0.5) is 0 Å². The van der Waals surface area contributed by atoms with Gasteiger partial charge in [-0.05, 0) is 24.1 Å². The fraction of sp³-hybridized carbons (Fsp3) is 0.353. The molecule has 0 amide bonds. The number of rotatable bonds is 7. The zero-order valence-electron chi connectivity index (χ0n) is 12.6. The lowest BCUT2D eigenvalue weighted by atomic mass is 9.98. The van der Waals surface area contributed by atoms with Gasteiger partial charge in [0.1, 0.15) is 12.4 Å². The highest BCUT2D eigenvalue weighted by Crippen LogP contribution is 2.29. The van der Waals surface area contributed by atoms with E-state index in [9.17, 15) is 0 Å². The molecule has 4 nitrogen and oxygen atoms in total. The van der Waals surface area contributed by atoms with E-state index >= 15 is 0 Å². The van der Waals surface area contributed by atoms with Crippen LogP contribution in [0, 0.1) is 0 Å². The fourth-order valence-corrected chi connectivity index (χ4v) is 2.28. The monoisotopic (exact) mass is 286 g/mol. The van der Waals surface area contributed by atoms with Crippen LogP contribution in [0.2, 0.25) is 0 Å². The third kappa shape index (κ3) is 3.80. The van der Waals surface area contributed by atoms with Crippen molar-refractivity contribution in [3.05, 3.63) is 59.4 Å². The van der Waals surface area contributed by atoms with E-state index in [4.69, 9.17) is 15.2 Å². The van der Waals surface area contributed by atoms with Gasteiger partial charge in [0.15, 0.2) is 0 Å². The molecule has 0 radical (unpaired) electrons. The molecule has 0 bridgehead atoms. The molecule has 1 atom stereocenters. The van der Waals surface area contributed by atoms with E-state index in [1.54, 1.807) is 13.3 Å². The van der Waals surface area contributed by atoms with Gasteiger partial charge in [-0.25, -0.2) is 0 Å². The predicted octanol–water partition coefficient (Wildman–Crippen LogP) is 2.72. The van der Waals surface area contributed by atoms with Gasteiger partial charge in [0.2, 0.25) is 0 Å². The van der Waals surface area contributed by atoms with E-state index in [-0.39, 0.29) is 6.04 Å². The Morgan fingerprint density at radius 3 is 2.71 bits per heavy atom. The summed E-state index contributed by atoms with van der Waals surface area (Å²) in [5.74, 6) is 0.787. The number of hydrogen-bond acceptors (Lipinski definition) is 4. The molecule has 21 heavy (non-hydrogen) atoms. The molecular weight excluding hydrogens is 264 g/mol. The minimum absolute atomic E-state index is 0.292. The highest BCUT2D eigenvalue weighted by atomic mass is 16.5. The first-order valence-corrected chi connectivity index (χ1v) is 7.18. The summed E-state index contributed by atoms with van der Waals surface area (Å²) in [7, 11) is 1.66. The van der Waals surface area contributed by atoms with Gasteiger partial charge >= 0.3 is 0 Å². The average molecular weight is 286 g/mol. The first-order valence-electron chi connectivity index (χ1n) is 7.18. The summed E-state index contributed by atoms with van der Waals surface area (Å²) in [6.45, 7) is 3.16. The summed E-state index contributed by atoms with van der Waals surface area (Å²) >= 11 is 0. The number of nitrogens with two attached hydrogens (primary N) is 1. The molecule has 112 valence electrons. The Balaban J connectivity index is 2.28. The smallest absolute Gasteiger partial charge is 0.124 e. The maximum absolute atomic E-state index is 6.42. The second-order valence-corrected chi connectivity index (χ2v) is 4.76. The molecule has 0 spiro atoms. The van der Waals surface area contributed by atoms with E-state index in [1.165, 1.54) is 0 Å². The molecule has 0 aliphatic rings. The minimum atomic E-state index is -0.292. The molecule has 0 saturated carbocycles. The quantitative estimate of drug-likeness (QED) is 0.795. The number of pyridine rings is 1. The van der Waals surface area contributed by atoms with E-state index < -0.39 is 0 Å². The highest BCUT2D eigenvalue weighted by Gasteiger charge is 2.17. The predicted molar refractivity (Wildman–Crippen MR) is 83.5 cm³/mol. The number of methoxy groups -OCH3 is 1. The third-order valence-electron chi connectivity index (χ3n) is 3.40. The lowest BCUT2D eigenvalue weighted by Crippen LogP contribution is -2.17. The van der Waals surface area contributed by atoms with Crippen LogP contribution in [-0.4, -0.2) is 25.3 Å². The van der Waals surface area contributed by atoms with Crippen molar-refractivity contribution in [2.24, 2.45) is 5.73 Å². The first kappa shape index (κ1) is 15.5. The molecule has 0 aliphatic carbocycles. The number of aryl methyl sites for hydroxylation is 1. The number of aromatic nitrogens is 1. The van der Waals surface area contributed by atoms with Gasteiger partial charge < -0.3 is 15.2 Å². The SMILES string of the molecule is CCc1cccnc1C(N)c1ccccc1OCCOC. The normalized spacial score (nSPS) is 12.1. The van der Waals surface area contributed by atoms with E-state index in [0.29, 0.717) is 13.2 Å². The molecule has 1 unspecified atom stereocenters. The van der Waals surface area contributed by atoms with Crippen molar-refractivity contribution in [3.8, 4) is 5.75 Å². The Hall–Kier alpha value is -1.91. The van der Waals surface area contributed by atoms with Crippen LogP contribution in [0.1, 0.15) is 29.8 Å². The molecular formula is C17H22N2O2. The Morgan fingerprint density at radius 1 is 1.14 bits per heavy atom. The van der Waals surface area contributed by atoms with E-state index in [1.807, 2.05) is 30.3 Å². The van der Waals surface area contributed by atoms with Gasteiger partial charge in [-0.3, -0.25) is 4.98 Å². The zero-order valence-corrected chi connectivity index (χ0v) is 12.6. The lowest BCUT2D eigenvalue weighted by Gasteiger charge is -2.18. The zero-order chi connectivity index (χ0) is 15.1. The van der Waals surface area contributed by atoms with Crippen molar-refractivity contribution in [2.45, 2.75) is 19.4 Å². The average Bonchev–Trinajstić information content (AvgIpc) is 2.55. The summed E-state index contributed by atoms with van der Waals surface area (Å²) in [5.41, 5.74) is 9.44. The molecule has 2 rings (SSSR count). The van der Waals surface area contributed by atoms with Crippen LogP contribution in [0.15, 0.2) is 42.6 Å². The van der Waals surface area contributed by atoms with Crippen molar-refractivity contribution in [1.82, 2.24) is 4.98 Å². The molecule has 0 aliphatic heterocycles. The van der Waals surface area contributed by atoms with Crippen molar-refractivity contribution in [2.75, 3.05) is 20.3 Å². The Bertz CT molecular complexity index is 572. The molecule has 0 saturated heterocycles. The summed E-state index contributed by atoms with van der Waals surface area (Å²) in [4.78, 5) is 4.46. The molecule has 4 heteroatoms. The Kier molecular flexibility index (Phi) is 5.72. The fourth-order valence-electron chi connectivity index (χ4n) is 2.28. The van der Waals surface area contributed by atoms with E-state index in [0.717, 1.165) is 29.0 Å². The van der Waals surface area contributed by atoms with Gasteiger partial charge in [0.25, 0.3) is 0 Å². The topological polar surface area (TPSA) is 57.4 Å². The second-order valence-electron chi connectivity index (χ2n) is 4.76. The van der Waals surface area contributed by atoms with Crippen LogP contribution in [0.25, 0.3) is 0 Å². The number of hydrogen-bond donors (Lipinski definition) is 1. The number of benzene rings is 1. The van der Waals surface area contributed by atoms with Crippen molar-refractivity contribution in [3.63, 3.8) is 0 Å². The molecule has 1 aromatic heterocycles. The maximum Gasteiger partial charge on any atom is 0.124 e. The van der Waals surface area contributed by atoms with Gasteiger partial charge in [0, 0.05) is 18.9 Å².